The van der Waals surface area contributed by atoms with Crippen LogP contribution >= 0.6 is 31.9 Å². The Bertz CT molecular complexity index is 270. The predicted octanol–water partition coefficient (Wildman–Crippen LogP) is 6.37. The van der Waals surface area contributed by atoms with Gasteiger partial charge in [0.15, 0.2) is 0 Å². The minimum atomic E-state index is -1.70. The zero-order chi connectivity index (χ0) is 14.3. The summed E-state index contributed by atoms with van der Waals surface area (Å²) in [5.41, 5.74) is 1.93. The largest absolute Gasteiger partial charge is 0.412 e. The Morgan fingerprint density at radius 1 is 1.00 bits per heavy atom. The summed E-state index contributed by atoms with van der Waals surface area (Å²) in [4.78, 5) is 0. The van der Waals surface area contributed by atoms with E-state index in [0.29, 0.717) is 23.2 Å². The minimum Gasteiger partial charge on any atom is -0.412 e. The number of hydrogen-bond acceptors (Lipinski definition) is 1. The Morgan fingerprint density at radius 2 is 1.44 bits per heavy atom. The maximum absolute atomic E-state index is 6.39. The van der Waals surface area contributed by atoms with E-state index >= 15 is 0 Å². The third-order valence-electron chi connectivity index (χ3n) is 3.49. The van der Waals surface area contributed by atoms with Crippen molar-refractivity contribution in [3.05, 3.63) is 21.6 Å². The number of rotatable bonds is 7. The van der Waals surface area contributed by atoms with E-state index in [4.69, 9.17) is 4.43 Å². The summed E-state index contributed by atoms with van der Waals surface area (Å²) in [7, 11) is -1.70. The molecule has 0 N–H and O–H groups in total. The molecule has 0 rings (SSSR count). The van der Waals surface area contributed by atoms with Gasteiger partial charge in [-0.15, -0.1) is 0 Å². The summed E-state index contributed by atoms with van der Waals surface area (Å²) in [5, 5.41) is 0. The molecule has 0 aromatic carbocycles. The van der Waals surface area contributed by atoms with Crippen molar-refractivity contribution in [1.82, 2.24) is 0 Å². The molecule has 0 saturated carbocycles. The Balaban J connectivity index is 4.72. The molecule has 4 heteroatoms. The van der Waals surface area contributed by atoms with Gasteiger partial charge in [0.05, 0.1) is 10.00 Å². The molecule has 106 valence electrons. The van der Waals surface area contributed by atoms with Crippen molar-refractivity contribution in [1.29, 1.82) is 0 Å². The van der Waals surface area contributed by atoms with Crippen molar-refractivity contribution >= 4 is 40.2 Å². The van der Waals surface area contributed by atoms with Gasteiger partial charge in [0.2, 0.25) is 8.32 Å². The highest BCUT2D eigenvalue weighted by Gasteiger charge is 2.44. The number of allylic oxidation sites excluding steroid dienone is 2. The topological polar surface area (TPSA) is 9.23 Å². The Morgan fingerprint density at radius 3 is 1.78 bits per heavy atom. The van der Waals surface area contributed by atoms with Gasteiger partial charge in [0.25, 0.3) is 0 Å². The van der Waals surface area contributed by atoms with Gasteiger partial charge in [0, 0.05) is 0 Å². The second kappa shape index (κ2) is 8.72. The average Bonchev–Trinajstić information content (AvgIpc) is 2.20. The average molecular weight is 398 g/mol. The lowest BCUT2D eigenvalue weighted by Gasteiger charge is -2.41. The van der Waals surface area contributed by atoms with Crippen molar-refractivity contribution in [2.45, 2.75) is 58.2 Å². The summed E-state index contributed by atoms with van der Waals surface area (Å²) >= 11 is 6.66. The summed E-state index contributed by atoms with van der Waals surface area (Å²) in [6, 6.07) is 0. The molecule has 0 atom stereocenters. The monoisotopic (exact) mass is 396 g/mol. The van der Waals surface area contributed by atoms with Gasteiger partial charge < -0.3 is 4.43 Å². The van der Waals surface area contributed by atoms with E-state index in [9.17, 15) is 0 Å². The molecule has 0 aliphatic carbocycles. The zero-order valence-electron chi connectivity index (χ0n) is 12.3. The van der Waals surface area contributed by atoms with E-state index in [1.54, 1.807) is 0 Å². The molecule has 1 nitrogen and oxygen atoms in total. The van der Waals surface area contributed by atoms with Gasteiger partial charge in [0.1, 0.15) is 0 Å². The van der Waals surface area contributed by atoms with Crippen molar-refractivity contribution in [2.75, 3.05) is 6.61 Å². The molecule has 18 heavy (non-hydrogen) atoms. The Kier molecular flexibility index (Phi) is 9.02. The molecule has 0 saturated heterocycles. The van der Waals surface area contributed by atoms with Crippen LogP contribution in [0.1, 0.15) is 41.5 Å². The van der Waals surface area contributed by atoms with Crippen LogP contribution < -0.4 is 0 Å². The molecule has 0 aromatic rings. The van der Waals surface area contributed by atoms with Crippen LogP contribution in [0.2, 0.25) is 16.6 Å². The van der Waals surface area contributed by atoms with Crippen LogP contribution in [0.4, 0.5) is 0 Å². The minimum absolute atomic E-state index is 0.643. The van der Waals surface area contributed by atoms with Crippen LogP contribution in [0.3, 0.4) is 0 Å². The van der Waals surface area contributed by atoms with Gasteiger partial charge >= 0.3 is 0 Å². The first-order valence-electron chi connectivity index (χ1n) is 6.56. The molecule has 0 spiro atoms. The van der Waals surface area contributed by atoms with Crippen molar-refractivity contribution in [3.8, 4) is 0 Å². The van der Waals surface area contributed by atoms with Crippen molar-refractivity contribution < 1.29 is 4.43 Å². The fourth-order valence-electron chi connectivity index (χ4n) is 2.89. The molecule has 0 aliphatic heterocycles. The molecule has 0 amide bonds. The zero-order valence-corrected chi connectivity index (χ0v) is 16.5. The lowest BCUT2D eigenvalue weighted by atomic mass is 10.5. The first kappa shape index (κ1) is 18.6. The van der Waals surface area contributed by atoms with Gasteiger partial charge in [-0.1, -0.05) is 53.7 Å². The summed E-state index contributed by atoms with van der Waals surface area (Å²) < 4.78 is 7.34. The van der Waals surface area contributed by atoms with Gasteiger partial charge in [-0.25, -0.2) is 0 Å². The second-order valence-electron chi connectivity index (χ2n) is 5.51. The van der Waals surface area contributed by atoms with Crippen LogP contribution in [0, 0.1) is 0 Å². The molecule has 0 heterocycles. The Hall–Kier alpha value is 0.617. The second-order valence-corrected chi connectivity index (χ2v) is 13.7. The highest BCUT2D eigenvalue weighted by Crippen LogP contribution is 2.42. The van der Waals surface area contributed by atoms with Crippen LogP contribution in [0.15, 0.2) is 21.6 Å². The standard InChI is InChI=1S/C14H26Br2OSi/c1-11(2)18(12(3)4,13(5)6)17-10-8-7-9-14(15)16/h7-9,11-13H,10H2,1-6H3/b8-7+. The van der Waals surface area contributed by atoms with Crippen LogP contribution in [0.5, 0.6) is 0 Å². The first-order valence-corrected chi connectivity index (χ1v) is 10.3. The fraction of sp³-hybridized carbons (Fsp3) is 0.714. The first-order chi connectivity index (χ1) is 8.25. The predicted molar refractivity (Wildman–Crippen MR) is 92.1 cm³/mol. The molecular formula is C14H26Br2OSi. The number of halogens is 2. The van der Waals surface area contributed by atoms with E-state index in [2.05, 4.69) is 79.5 Å². The van der Waals surface area contributed by atoms with Gasteiger partial charge in [-0.3, -0.25) is 0 Å². The molecule has 0 fully saturated rings. The van der Waals surface area contributed by atoms with E-state index < -0.39 is 8.32 Å². The summed E-state index contributed by atoms with van der Waals surface area (Å²) in [6.07, 6.45) is 6.06. The molecule has 0 aliphatic rings. The normalized spacial score (nSPS) is 13.1. The Labute approximate surface area is 130 Å². The van der Waals surface area contributed by atoms with Gasteiger partial charge in [-0.05, 0) is 54.6 Å². The van der Waals surface area contributed by atoms with Crippen molar-refractivity contribution in [2.24, 2.45) is 0 Å². The summed E-state index contributed by atoms with van der Waals surface area (Å²) in [5.74, 6) is 0. The van der Waals surface area contributed by atoms with Gasteiger partial charge in [-0.2, -0.15) is 0 Å². The maximum Gasteiger partial charge on any atom is 0.200 e. The SMILES string of the molecule is CC(C)[Si](OC/C=C/C=C(Br)Br)(C(C)C)C(C)C. The highest BCUT2D eigenvalue weighted by molar-refractivity contribution is 9.28. The molecule has 0 bridgehead atoms. The van der Waals surface area contributed by atoms with E-state index in [1.807, 2.05) is 12.2 Å². The summed E-state index contributed by atoms with van der Waals surface area (Å²) in [6.45, 7) is 14.6. The quantitative estimate of drug-likeness (QED) is 0.358. The van der Waals surface area contributed by atoms with E-state index in [1.165, 1.54) is 0 Å². The third kappa shape index (κ3) is 5.31. The molecule has 0 aromatic heterocycles. The molecule has 0 unspecified atom stereocenters. The third-order valence-corrected chi connectivity index (χ3v) is 10.1. The van der Waals surface area contributed by atoms with E-state index in [0.717, 1.165) is 3.39 Å². The smallest absolute Gasteiger partial charge is 0.200 e. The van der Waals surface area contributed by atoms with Crippen LogP contribution in [-0.4, -0.2) is 14.9 Å². The van der Waals surface area contributed by atoms with Crippen molar-refractivity contribution in [3.63, 3.8) is 0 Å². The fourth-order valence-corrected chi connectivity index (χ4v) is 8.58. The van der Waals surface area contributed by atoms with Crippen LogP contribution in [-0.2, 0) is 4.43 Å². The van der Waals surface area contributed by atoms with Crippen LogP contribution in [0.25, 0.3) is 0 Å². The lowest BCUT2D eigenvalue weighted by molar-refractivity contribution is 0.316. The number of hydrogen-bond donors (Lipinski definition) is 0. The molecule has 0 radical (unpaired) electrons. The highest BCUT2D eigenvalue weighted by atomic mass is 79.9. The lowest BCUT2D eigenvalue weighted by Crippen LogP contribution is -2.47. The molecular weight excluding hydrogens is 372 g/mol. The maximum atomic E-state index is 6.39. The van der Waals surface area contributed by atoms with E-state index in [-0.39, 0.29) is 0 Å².